The van der Waals surface area contributed by atoms with Gasteiger partial charge in [0.05, 0.1) is 19.3 Å². The third kappa shape index (κ3) is 4.07. The lowest BCUT2D eigenvalue weighted by Crippen LogP contribution is -2.44. The van der Waals surface area contributed by atoms with Crippen LogP contribution in [0.15, 0.2) is 24.3 Å². The Morgan fingerprint density at radius 1 is 1.33 bits per heavy atom. The summed E-state index contributed by atoms with van der Waals surface area (Å²) in [5, 5.41) is 12.4. The van der Waals surface area contributed by atoms with Crippen molar-refractivity contribution in [2.24, 2.45) is 0 Å². The lowest BCUT2D eigenvalue weighted by Gasteiger charge is -2.30. The average molecular weight is 250 g/mol. The fraction of sp³-hybridized carbons (Fsp3) is 0.571. The van der Waals surface area contributed by atoms with Crippen LogP contribution in [0.4, 0.5) is 0 Å². The van der Waals surface area contributed by atoms with E-state index in [2.05, 4.69) is 17.3 Å². The van der Waals surface area contributed by atoms with E-state index in [0.29, 0.717) is 6.10 Å². The fourth-order valence-corrected chi connectivity index (χ4v) is 2.13. The Bertz CT molecular complexity index is 353. The highest BCUT2D eigenvalue weighted by atomic mass is 16.5. The highest BCUT2D eigenvalue weighted by Gasteiger charge is 2.16. The summed E-state index contributed by atoms with van der Waals surface area (Å²) in [5.41, 5.74) is 2.19. The Morgan fingerprint density at radius 2 is 2.06 bits per heavy atom. The van der Waals surface area contributed by atoms with Gasteiger partial charge in [-0.15, -0.1) is 0 Å². The van der Waals surface area contributed by atoms with Crippen molar-refractivity contribution in [2.75, 3.05) is 33.3 Å². The normalized spacial score (nSPS) is 21.1. The number of likely N-dealkylation sites (N-methyl/N-ethyl adjacent to an activating group) is 1. The lowest BCUT2D eigenvalue weighted by atomic mass is 10.1. The molecule has 1 aromatic carbocycles. The molecule has 0 radical (unpaired) electrons. The summed E-state index contributed by atoms with van der Waals surface area (Å²) in [5.74, 6) is 0. The van der Waals surface area contributed by atoms with E-state index in [4.69, 9.17) is 9.84 Å². The van der Waals surface area contributed by atoms with Gasteiger partial charge in [-0.2, -0.15) is 0 Å². The molecule has 1 heterocycles. The summed E-state index contributed by atoms with van der Waals surface area (Å²) >= 11 is 0. The van der Waals surface area contributed by atoms with Gasteiger partial charge in [-0.25, -0.2) is 0 Å². The van der Waals surface area contributed by atoms with Crippen molar-refractivity contribution in [2.45, 2.75) is 19.3 Å². The molecule has 100 valence electrons. The van der Waals surface area contributed by atoms with E-state index in [0.717, 1.165) is 38.3 Å². The topological polar surface area (TPSA) is 44.7 Å². The van der Waals surface area contributed by atoms with Crippen LogP contribution in [0.1, 0.15) is 11.1 Å². The summed E-state index contributed by atoms with van der Waals surface area (Å²) in [6, 6.07) is 8.02. The van der Waals surface area contributed by atoms with Crippen LogP contribution < -0.4 is 5.32 Å². The maximum absolute atomic E-state index is 8.96. The van der Waals surface area contributed by atoms with E-state index >= 15 is 0 Å². The Hall–Kier alpha value is -0.940. The van der Waals surface area contributed by atoms with E-state index in [9.17, 15) is 0 Å². The first-order valence-electron chi connectivity index (χ1n) is 6.47. The Balaban J connectivity index is 1.70. The summed E-state index contributed by atoms with van der Waals surface area (Å²) in [6.45, 7) is 4.68. The SMILES string of the molecule is CN1CCOC(CNCc2ccc(CO)cc2)C1. The van der Waals surface area contributed by atoms with Gasteiger partial charge in [-0.3, -0.25) is 0 Å². The molecular weight excluding hydrogens is 228 g/mol. The predicted molar refractivity (Wildman–Crippen MR) is 71.3 cm³/mol. The van der Waals surface area contributed by atoms with Crippen molar-refractivity contribution in [1.82, 2.24) is 10.2 Å². The molecule has 4 heteroatoms. The molecule has 1 atom stereocenters. The molecule has 0 spiro atoms. The van der Waals surface area contributed by atoms with Crippen molar-refractivity contribution in [3.05, 3.63) is 35.4 Å². The average Bonchev–Trinajstić information content (AvgIpc) is 2.40. The zero-order valence-electron chi connectivity index (χ0n) is 10.9. The smallest absolute Gasteiger partial charge is 0.0826 e. The number of rotatable bonds is 5. The van der Waals surface area contributed by atoms with Gasteiger partial charge in [0.2, 0.25) is 0 Å². The lowest BCUT2D eigenvalue weighted by molar-refractivity contribution is -0.0182. The number of nitrogens with one attached hydrogen (secondary N) is 1. The maximum Gasteiger partial charge on any atom is 0.0826 e. The second-order valence-corrected chi connectivity index (χ2v) is 4.86. The summed E-state index contributed by atoms with van der Waals surface area (Å²) in [6.07, 6.45) is 0.292. The number of morpholine rings is 1. The predicted octanol–water partition coefficient (Wildman–Crippen LogP) is 0.599. The minimum Gasteiger partial charge on any atom is -0.392 e. The first-order chi connectivity index (χ1) is 8.78. The van der Waals surface area contributed by atoms with Crippen LogP contribution in [-0.2, 0) is 17.9 Å². The molecule has 1 fully saturated rings. The standard InChI is InChI=1S/C14H22N2O2/c1-16-6-7-18-14(10-16)9-15-8-12-2-4-13(11-17)5-3-12/h2-5,14-15,17H,6-11H2,1H3. The third-order valence-electron chi connectivity index (χ3n) is 3.25. The first kappa shape index (κ1) is 13.5. The summed E-state index contributed by atoms with van der Waals surface area (Å²) in [7, 11) is 2.13. The highest BCUT2D eigenvalue weighted by Crippen LogP contribution is 2.05. The Labute approximate surface area is 109 Å². The van der Waals surface area contributed by atoms with E-state index in [1.54, 1.807) is 0 Å². The molecule has 1 aliphatic heterocycles. The van der Waals surface area contributed by atoms with E-state index in [-0.39, 0.29) is 6.61 Å². The first-order valence-corrected chi connectivity index (χ1v) is 6.47. The molecular formula is C14H22N2O2. The summed E-state index contributed by atoms with van der Waals surface area (Å²) < 4.78 is 5.69. The Morgan fingerprint density at radius 3 is 2.72 bits per heavy atom. The molecule has 1 saturated heterocycles. The van der Waals surface area contributed by atoms with E-state index in [1.807, 2.05) is 24.3 Å². The van der Waals surface area contributed by atoms with Crippen LogP contribution in [0.3, 0.4) is 0 Å². The largest absolute Gasteiger partial charge is 0.392 e. The van der Waals surface area contributed by atoms with Gasteiger partial charge in [0.25, 0.3) is 0 Å². The monoisotopic (exact) mass is 250 g/mol. The number of nitrogens with zero attached hydrogens (tertiary/aromatic N) is 1. The van der Waals surface area contributed by atoms with Crippen LogP contribution >= 0.6 is 0 Å². The second kappa shape index (κ2) is 6.85. The van der Waals surface area contributed by atoms with Gasteiger partial charge >= 0.3 is 0 Å². The minimum atomic E-state index is 0.107. The molecule has 0 bridgehead atoms. The van der Waals surface area contributed by atoms with Crippen molar-refractivity contribution < 1.29 is 9.84 Å². The van der Waals surface area contributed by atoms with Crippen LogP contribution in [0.5, 0.6) is 0 Å². The summed E-state index contributed by atoms with van der Waals surface area (Å²) in [4.78, 5) is 2.30. The number of ether oxygens (including phenoxy) is 1. The van der Waals surface area contributed by atoms with E-state index in [1.165, 1.54) is 5.56 Å². The number of aliphatic hydroxyl groups excluding tert-OH is 1. The molecule has 1 aliphatic rings. The molecule has 0 amide bonds. The number of aliphatic hydroxyl groups is 1. The maximum atomic E-state index is 8.96. The zero-order chi connectivity index (χ0) is 12.8. The zero-order valence-corrected chi connectivity index (χ0v) is 10.9. The molecule has 1 unspecified atom stereocenters. The van der Waals surface area contributed by atoms with Crippen LogP contribution in [-0.4, -0.2) is 49.4 Å². The van der Waals surface area contributed by atoms with Gasteiger partial charge in [-0.05, 0) is 18.2 Å². The highest BCUT2D eigenvalue weighted by molar-refractivity contribution is 5.21. The molecule has 0 aliphatic carbocycles. The van der Waals surface area contributed by atoms with Gasteiger partial charge in [0, 0.05) is 26.2 Å². The molecule has 18 heavy (non-hydrogen) atoms. The molecule has 1 aromatic rings. The molecule has 0 aromatic heterocycles. The van der Waals surface area contributed by atoms with Gasteiger partial charge in [-0.1, -0.05) is 24.3 Å². The van der Waals surface area contributed by atoms with Crippen molar-refractivity contribution in [3.8, 4) is 0 Å². The van der Waals surface area contributed by atoms with Crippen molar-refractivity contribution in [1.29, 1.82) is 0 Å². The second-order valence-electron chi connectivity index (χ2n) is 4.86. The molecule has 2 N–H and O–H groups in total. The van der Waals surface area contributed by atoms with Gasteiger partial charge in [0.1, 0.15) is 0 Å². The van der Waals surface area contributed by atoms with Gasteiger partial charge in [0.15, 0.2) is 0 Å². The van der Waals surface area contributed by atoms with Crippen LogP contribution in [0.25, 0.3) is 0 Å². The number of benzene rings is 1. The Kier molecular flexibility index (Phi) is 5.13. The molecule has 0 saturated carbocycles. The quantitative estimate of drug-likeness (QED) is 0.803. The van der Waals surface area contributed by atoms with Crippen LogP contribution in [0, 0.1) is 0 Å². The van der Waals surface area contributed by atoms with E-state index < -0.39 is 0 Å². The van der Waals surface area contributed by atoms with Crippen molar-refractivity contribution >= 4 is 0 Å². The van der Waals surface area contributed by atoms with Crippen molar-refractivity contribution in [3.63, 3.8) is 0 Å². The fourth-order valence-electron chi connectivity index (χ4n) is 2.13. The molecule has 4 nitrogen and oxygen atoms in total. The molecule has 2 rings (SSSR count). The number of hydrogen-bond acceptors (Lipinski definition) is 4. The number of hydrogen-bond donors (Lipinski definition) is 2. The third-order valence-corrected chi connectivity index (χ3v) is 3.25. The van der Waals surface area contributed by atoms with Crippen LogP contribution in [0.2, 0.25) is 0 Å². The van der Waals surface area contributed by atoms with Gasteiger partial charge < -0.3 is 20.1 Å². The minimum absolute atomic E-state index is 0.107.